The summed E-state index contributed by atoms with van der Waals surface area (Å²) in [7, 11) is 0. The molecule has 4 aromatic rings. The molecule has 44 heavy (non-hydrogen) atoms. The third-order valence-corrected chi connectivity index (χ3v) is 8.55. The summed E-state index contributed by atoms with van der Waals surface area (Å²) in [6.45, 7) is 7.24. The molecule has 1 N–H and O–H groups in total. The van der Waals surface area contributed by atoms with E-state index >= 15 is 0 Å². The molecule has 1 saturated heterocycles. The molecule has 12 heteroatoms. The Morgan fingerprint density at radius 1 is 1.09 bits per heavy atom. The summed E-state index contributed by atoms with van der Waals surface area (Å²) in [6, 6.07) is 19.4. The van der Waals surface area contributed by atoms with E-state index in [1.54, 1.807) is 11.8 Å². The molecule has 3 aromatic carbocycles. The third-order valence-electron chi connectivity index (χ3n) is 7.60. The molecule has 2 heterocycles. The average molecular weight is 621 g/mol. The zero-order valence-electron chi connectivity index (χ0n) is 24.4. The van der Waals surface area contributed by atoms with Crippen LogP contribution in [0.15, 0.2) is 78.0 Å². The number of hydrogen-bond donors (Lipinski definition) is 1. The average Bonchev–Trinajstić information content (AvgIpc) is 3.33. The zero-order valence-corrected chi connectivity index (χ0v) is 25.2. The van der Waals surface area contributed by atoms with E-state index in [0.29, 0.717) is 17.4 Å². The van der Waals surface area contributed by atoms with E-state index in [1.165, 1.54) is 46.4 Å². The van der Waals surface area contributed by atoms with Crippen LogP contribution in [0.5, 0.6) is 5.75 Å². The van der Waals surface area contributed by atoms with Crippen molar-refractivity contribution in [2.24, 2.45) is 4.99 Å². The van der Waals surface area contributed by atoms with Crippen LogP contribution in [0.1, 0.15) is 48.8 Å². The van der Waals surface area contributed by atoms with Gasteiger partial charge in [-0.1, -0.05) is 62.0 Å². The molecule has 228 valence electrons. The lowest BCUT2D eigenvalue weighted by Crippen LogP contribution is -2.29. The van der Waals surface area contributed by atoms with Gasteiger partial charge in [-0.2, -0.15) is 4.99 Å². The second-order valence-corrected chi connectivity index (χ2v) is 12.2. The number of amidine groups is 1. The molecule has 2 amide bonds. The van der Waals surface area contributed by atoms with Crippen LogP contribution in [-0.2, 0) is 0 Å². The van der Waals surface area contributed by atoms with Crippen molar-refractivity contribution < 1.29 is 22.7 Å². The molecular formula is C32H31F3N6O2S. The fourth-order valence-electron chi connectivity index (χ4n) is 5.29. The number of alkyl halides is 3. The van der Waals surface area contributed by atoms with E-state index in [4.69, 9.17) is 0 Å². The van der Waals surface area contributed by atoms with Gasteiger partial charge in [0, 0.05) is 35.5 Å². The summed E-state index contributed by atoms with van der Waals surface area (Å²) in [5.41, 5.74) is 5.99. The Balaban J connectivity index is 1.07. The predicted molar refractivity (Wildman–Crippen MR) is 166 cm³/mol. The van der Waals surface area contributed by atoms with Gasteiger partial charge in [-0.05, 0) is 66.3 Å². The number of thioether (sulfide) groups is 1. The molecule has 1 aromatic heterocycles. The number of amides is 2. The third kappa shape index (κ3) is 6.75. The van der Waals surface area contributed by atoms with E-state index in [1.807, 2.05) is 24.3 Å². The first kappa shape index (κ1) is 29.7. The molecule has 6 rings (SSSR count). The maximum atomic E-state index is 12.9. The summed E-state index contributed by atoms with van der Waals surface area (Å²) < 4.78 is 42.7. The molecule has 0 radical (unpaired) electrons. The highest BCUT2D eigenvalue weighted by atomic mass is 32.2. The van der Waals surface area contributed by atoms with E-state index < -0.39 is 6.36 Å². The summed E-state index contributed by atoms with van der Waals surface area (Å²) in [6.07, 6.45) is -2.41. The number of aliphatic imine (C=N–C) groups is 1. The van der Waals surface area contributed by atoms with Crippen LogP contribution in [0.3, 0.4) is 0 Å². The van der Waals surface area contributed by atoms with E-state index in [-0.39, 0.29) is 23.7 Å². The minimum atomic E-state index is -4.75. The first-order valence-corrected chi connectivity index (χ1v) is 15.3. The molecule has 2 aliphatic rings. The highest BCUT2D eigenvalue weighted by molar-refractivity contribution is 8.14. The Bertz CT molecular complexity index is 1690. The number of halogens is 3. The molecule has 2 fully saturated rings. The SMILES string of the molecule is Cc1ccc(C(C)C)c(N2CCS/C2=N\C(=O)N[C@@H]2C[C@H]2c2ccc(-c3ncn(-c4ccc(OC(F)(F)F)cc4)n3)cc2)c1. The Kier molecular flexibility index (Phi) is 8.10. The number of nitrogens with zero attached hydrogens (tertiary/aromatic N) is 5. The van der Waals surface area contributed by atoms with Gasteiger partial charge in [-0.15, -0.1) is 18.3 Å². The van der Waals surface area contributed by atoms with Crippen molar-refractivity contribution in [2.45, 2.75) is 51.4 Å². The number of nitrogens with one attached hydrogen (secondary N) is 1. The lowest BCUT2D eigenvalue weighted by atomic mass is 9.99. The van der Waals surface area contributed by atoms with Crippen molar-refractivity contribution in [3.8, 4) is 22.8 Å². The second-order valence-electron chi connectivity index (χ2n) is 11.2. The monoisotopic (exact) mass is 620 g/mol. The molecule has 8 nitrogen and oxygen atoms in total. The van der Waals surface area contributed by atoms with Gasteiger partial charge in [-0.25, -0.2) is 14.5 Å². The lowest BCUT2D eigenvalue weighted by molar-refractivity contribution is -0.274. The minimum absolute atomic E-state index is 0.0179. The van der Waals surface area contributed by atoms with Gasteiger partial charge in [0.2, 0.25) is 0 Å². The number of rotatable bonds is 7. The predicted octanol–water partition coefficient (Wildman–Crippen LogP) is 7.44. The van der Waals surface area contributed by atoms with Gasteiger partial charge in [0.05, 0.1) is 5.69 Å². The van der Waals surface area contributed by atoms with Crippen molar-refractivity contribution in [3.05, 3.63) is 89.7 Å². The van der Waals surface area contributed by atoms with Crippen LogP contribution >= 0.6 is 11.8 Å². The van der Waals surface area contributed by atoms with E-state index in [0.717, 1.165) is 40.7 Å². The van der Waals surface area contributed by atoms with Crippen molar-refractivity contribution >= 4 is 28.6 Å². The normalized spacial score (nSPS) is 19.1. The number of carbonyl (C=O) groups excluding carboxylic acids is 1. The summed E-state index contributed by atoms with van der Waals surface area (Å²) >= 11 is 1.60. The Morgan fingerprint density at radius 2 is 1.84 bits per heavy atom. The van der Waals surface area contributed by atoms with Crippen LogP contribution in [-0.4, -0.2) is 50.7 Å². The van der Waals surface area contributed by atoms with Crippen LogP contribution in [0.25, 0.3) is 17.1 Å². The Hall–Kier alpha value is -4.32. The number of anilines is 1. The molecule has 2 atom stereocenters. The standard InChI is InChI=1S/C32H31F3N6O2S/c1-19(2)25-13-4-20(3)16-28(25)40-14-15-44-31(40)38-30(42)37-27-17-26(27)21-5-7-22(8-6-21)29-36-18-41(39-29)23-9-11-24(12-10-23)43-32(33,34)35/h4-13,16,18-19,26-27H,14-15,17H2,1-3H3,(H,37,42)/b38-31-/t26-,27+/m0/s1. The van der Waals surface area contributed by atoms with Gasteiger partial charge in [0.1, 0.15) is 12.1 Å². The molecule has 1 aliphatic heterocycles. The highest BCUT2D eigenvalue weighted by Gasteiger charge is 2.40. The summed E-state index contributed by atoms with van der Waals surface area (Å²) in [4.78, 5) is 23.9. The largest absolute Gasteiger partial charge is 0.573 e. The summed E-state index contributed by atoms with van der Waals surface area (Å²) in [5, 5.41) is 8.26. The van der Waals surface area contributed by atoms with Crippen LogP contribution < -0.4 is 15.0 Å². The van der Waals surface area contributed by atoms with Crippen LogP contribution in [0.4, 0.5) is 23.7 Å². The summed E-state index contributed by atoms with van der Waals surface area (Å²) in [5.74, 6) is 1.62. The molecular weight excluding hydrogens is 589 g/mol. The highest BCUT2D eigenvalue weighted by Crippen LogP contribution is 2.41. The fraction of sp³-hybridized carbons (Fsp3) is 0.312. The molecule has 0 bridgehead atoms. The van der Waals surface area contributed by atoms with Crippen LogP contribution in [0, 0.1) is 6.92 Å². The van der Waals surface area contributed by atoms with Gasteiger partial charge >= 0.3 is 12.4 Å². The molecule has 0 spiro atoms. The van der Waals surface area contributed by atoms with E-state index in [9.17, 15) is 18.0 Å². The quantitative estimate of drug-likeness (QED) is 0.231. The van der Waals surface area contributed by atoms with Crippen molar-refractivity contribution in [1.29, 1.82) is 0 Å². The first-order valence-electron chi connectivity index (χ1n) is 14.3. The number of ether oxygens (including phenoxy) is 1. The van der Waals surface area contributed by atoms with Gasteiger partial charge in [0.25, 0.3) is 0 Å². The molecule has 0 unspecified atom stereocenters. The number of carbonyl (C=O) groups is 1. The Morgan fingerprint density at radius 3 is 2.55 bits per heavy atom. The van der Waals surface area contributed by atoms with Gasteiger partial charge in [-0.3, -0.25) is 0 Å². The number of aromatic nitrogens is 3. The Labute approximate surface area is 257 Å². The van der Waals surface area contributed by atoms with Crippen molar-refractivity contribution in [3.63, 3.8) is 0 Å². The maximum absolute atomic E-state index is 12.9. The second kappa shape index (κ2) is 12.0. The maximum Gasteiger partial charge on any atom is 0.573 e. The smallest absolute Gasteiger partial charge is 0.406 e. The van der Waals surface area contributed by atoms with Crippen molar-refractivity contribution in [2.75, 3.05) is 17.2 Å². The number of urea groups is 1. The van der Waals surface area contributed by atoms with E-state index in [2.05, 4.69) is 69.0 Å². The first-order chi connectivity index (χ1) is 21.0. The van der Waals surface area contributed by atoms with Gasteiger partial charge in [0.15, 0.2) is 11.0 Å². The number of aryl methyl sites for hydroxylation is 1. The molecule has 1 aliphatic carbocycles. The van der Waals surface area contributed by atoms with Gasteiger partial charge < -0.3 is 15.0 Å². The zero-order chi connectivity index (χ0) is 31.0. The number of hydrogen-bond acceptors (Lipinski definition) is 5. The number of benzene rings is 3. The minimum Gasteiger partial charge on any atom is -0.406 e. The van der Waals surface area contributed by atoms with Crippen molar-refractivity contribution in [1.82, 2.24) is 20.1 Å². The van der Waals surface area contributed by atoms with Crippen LogP contribution in [0.2, 0.25) is 0 Å². The topological polar surface area (TPSA) is 84.6 Å². The molecule has 1 saturated carbocycles. The fourth-order valence-corrected chi connectivity index (χ4v) is 6.24. The lowest BCUT2D eigenvalue weighted by Gasteiger charge is -2.23.